The maximum atomic E-state index is 5.64. The Balaban J connectivity index is 1.57. The van der Waals surface area contributed by atoms with E-state index in [2.05, 4.69) is 99.6 Å². The van der Waals surface area contributed by atoms with Gasteiger partial charge >= 0.3 is 0 Å². The van der Waals surface area contributed by atoms with Crippen LogP contribution in [0.15, 0.2) is 78.9 Å². The molecule has 4 rings (SSSR count). The smallest absolute Gasteiger partial charge is 0.119 e. The Morgan fingerprint density at radius 1 is 0.806 bits per heavy atom. The second kappa shape index (κ2) is 9.53. The van der Waals surface area contributed by atoms with Crippen molar-refractivity contribution >= 4 is 11.3 Å². The van der Waals surface area contributed by atoms with Crippen LogP contribution >= 0.6 is 11.3 Å². The maximum Gasteiger partial charge on any atom is 0.119 e. The molecule has 0 saturated carbocycles. The second-order valence-electron chi connectivity index (χ2n) is 8.35. The van der Waals surface area contributed by atoms with Crippen molar-refractivity contribution in [1.82, 2.24) is 0 Å². The molecular formula is C29H30OS. The zero-order valence-electron chi connectivity index (χ0n) is 18.8. The van der Waals surface area contributed by atoms with Gasteiger partial charge in [-0.3, -0.25) is 0 Å². The first-order valence-electron chi connectivity index (χ1n) is 11.1. The zero-order chi connectivity index (χ0) is 21.8. The number of benzene rings is 3. The van der Waals surface area contributed by atoms with E-state index in [4.69, 9.17) is 4.74 Å². The molecule has 0 atom stereocenters. The molecule has 158 valence electrons. The summed E-state index contributed by atoms with van der Waals surface area (Å²) in [7, 11) is 0. The molecule has 1 heterocycles. The molecule has 0 N–H and O–H groups in total. The first-order chi connectivity index (χ1) is 15.0. The van der Waals surface area contributed by atoms with Crippen molar-refractivity contribution in [2.75, 3.05) is 6.61 Å². The minimum absolute atomic E-state index is 0.557. The van der Waals surface area contributed by atoms with Crippen molar-refractivity contribution in [3.8, 4) is 26.6 Å². The van der Waals surface area contributed by atoms with Crippen LogP contribution in [0.4, 0.5) is 0 Å². The first-order valence-corrected chi connectivity index (χ1v) is 11.9. The molecule has 0 aliphatic heterocycles. The Hall–Kier alpha value is -2.84. The molecule has 1 aromatic heterocycles. The van der Waals surface area contributed by atoms with Crippen LogP contribution in [0, 0.1) is 6.92 Å². The molecular weight excluding hydrogens is 396 g/mol. The number of thiophene rings is 1. The molecule has 0 radical (unpaired) electrons. The summed E-state index contributed by atoms with van der Waals surface area (Å²) < 4.78 is 5.64. The van der Waals surface area contributed by atoms with Gasteiger partial charge in [0.25, 0.3) is 0 Å². The highest BCUT2D eigenvalue weighted by Crippen LogP contribution is 2.37. The molecule has 0 saturated heterocycles. The third-order valence-electron chi connectivity index (χ3n) is 5.62. The molecule has 0 fully saturated rings. The van der Waals surface area contributed by atoms with E-state index < -0.39 is 0 Å². The predicted octanol–water partition coefficient (Wildman–Crippen LogP) is 8.50. The van der Waals surface area contributed by atoms with Crippen LogP contribution in [0.25, 0.3) is 20.9 Å². The zero-order valence-corrected chi connectivity index (χ0v) is 19.6. The standard InChI is InChI=1S/C29H30OS/c1-5-30-26-12-13-27(21(4)16-26)29-15-14-28(31-29)25-11-7-9-23(19-25)17-22-8-6-10-24(18-22)20(2)3/h6-16,18-20H,5,17H2,1-4H3. The van der Waals surface area contributed by atoms with Crippen molar-refractivity contribution < 1.29 is 4.74 Å². The van der Waals surface area contributed by atoms with E-state index in [1.165, 1.54) is 43.1 Å². The van der Waals surface area contributed by atoms with Crippen molar-refractivity contribution in [2.24, 2.45) is 0 Å². The number of aryl methyl sites for hydroxylation is 1. The Morgan fingerprint density at radius 2 is 1.55 bits per heavy atom. The number of hydrogen-bond acceptors (Lipinski definition) is 2. The fourth-order valence-corrected chi connectivity index (χ4v) is 5.03. The lowest BCUT2D eigenvalue weighted by atomic mass is 9.97. The van der Waals surface area contributed by atoms with E-state index >= 15 is 0 Å². The summed E-state index contributed by atoms with van der Waals surface area (Å²) in [5.74, 6) is 1.50. The first kappa shape index (κ1) is 21.4. The van der Waals surface area contributed by atoms with Crippen molar-refractivity contribution in [1.29, 1.82) is 0 Å². The maximum absolute atomic E-state index is 5.64. The molecule has 0 amide bonds. The van der Waals surface area contributed by atoms with Crippen LogP contribution in [0.3, 0.4) is 0 Å². The Morgan fingerprint density at radius 3 is 2.29 bits per heavy atom. The third-order valence-corrected chi connectivity index (χ3v) is 6.79. The lowest BCUT2D eigenvalue weighted by molar-refractivity contribution is 0.340. The normalized spacial score (nSPS) is 11.1. The summed E-state index contributed by atoms with van der Waals surface area (Å²) in [6.07, 6.45) is 0.963. The van der Waals surface area contributed by atoms with Gasteiger partial charge in [-0.2, -0.15) is 0 Å². The van der Waals surface area contributed by atoms with Crippen LogP contribution in [-0.4, -0.2) is 6.61 Å². The summed E-state index contributed by atoms with van der Waals surface area (Å²) in [5, 5.41) is 0. The number of hydrogen-bond donors (Lipinski definition) is 0. The van der Waals surface area contributed by atoms with Crippen molar-refractivity contribution in [3.63, 3.8) is 0 Å². The van der Waals surface area contributed by atoms with Gasteiger partial charge in [-0.25, -0.2) is 0 Å². The fraction of sp³-hybridized carbons (Fsp3) is 0.241. The van der Waals surface area contributed by atoms with E-state index in [1.807, 2.05) is 18.3 Å². The van der Waals surface area contributed by atoms with Crippen LogP contribution < -0.4 is 4.74 Å². The highest BCUT2D eigenvalue weighted by molar-refractivity contribution is 7.18. The van der Waals surface area contributed by atoms with Crippen molar-refractivity contribution in [2.45, 2.75) is 40.0 Å². The lowest BCUT2D eigenvalue weighted by Gasteiger charge is -2.09. The number of rotatable bonds is 7. The molecule has 3 aromatic carbocycles. The van der Waals surface area contributed by atoms with Gasteiger partial charge in [-0.15, -0.1) is 11.3 Å². The van der Waals surface area contributed by atoms with Gasteiger partial charge in [0.2, 0.25) is 0 Å². The van der Waals surface area contributed by atoms with Gasteiger partial charge in [0.1, 0.15) is 5.75 Å². The molecule has 31 heavy (non-hydrogen) atoms. The molecule has 0 aliphatic carbocycles. The Kier molecular flexibility index (Phi) is 6.58. The Bertz CT molecular complexity index is 1170. The summed E-state index contributed by atoms with van der Waals surface area (Å²) >= 11 is 1.85. The van der Waals surface area contributed by atoms with E-state index in [0.717, 1.165) is 12.2 Å². The van der Waals surface area contributed by atoms with E-state index in [-0.39, 0.29) is 0 Å². The summed E-state index contributed by atoms with van der Waals surface area (Å²) in [6, 6.07) is 28.8. The lowest BCUT2D eigenvalue weighted by Crippen LogP contribution is -1.92. The second-order valence-corrected chi connectivity index (χ2v) is 9.43. The van der Waals surface area contributed by atoms with Gasteiger partial charge in [-0.1, -0.05) is 62.4 Å². The predicted molar refractivity (Wildman–Crippen MR) is 134 cm³/mol. The summed E-state index contributed by atoms with van der Waals surface area (Å²) in [6.45, 7) is 9.37. The quantitative estimate of drug-likeness (QED) is 0.288. The van der Waals surface area contributed by atoms with E-state index in [9.17, 15) is 0 Å². The monoisotopic (exact) mass is 426 g/mol. The minimum atomic E-state index is 0.557. The average Bonchev–Trinajstić information content (AvgIpc) is 3.24. The van der Waals surface area contributed by atoms with Gasteiger partial charge in [0.05, 0.1) is 6.61 Å². The van der Waals surface area contributed by atoms with Gasteiger partial charge < -0.3 is 4.74 Å². The molecule has 4 aromatic rings. The van der Waals surface area contributed by atoms with Crippen LogP contribution in [-0.2, 0) is 6.42 Å². The average molecular weight is 427 g/mol. The molecule has 2 heteroatoms. The SMILES string of the molecule is CCOc1ccc(-c2ccc(-c3cccc(Cc4cccc(C(C)C)c4)c3)s2)c(C)c1. The molecule has 0 spiro atoms. The van der Waals surface area contributed by atoms with E-state index in [1.54, 1.807) is 0 Å². The van der Waals surface area contributed by atoms with Gasteiger partial charge in [0, 0.05) is 9.75 Å². The third kappa shape index (κ3) is 5.08. The molecule has 0 bridgehead atoms. The van der Waals surface area contributed by atoms with Gasteiger partial charge in [0.15, 0.2) is 0 Å². The Labute approximate surface area is 190 Å². The summed E-state index contributed by atoms with van der Waals surface area (Å²) in [4.78, 5) is 2.60. The highest BCUT2D eigenvalue weighted by Gasteiger charge is 2.09. The van der Waals surface area contributed by atoms with Gasteiger partial charge in [-0.05, 0) is 89.9 Å². The highest BCUT2D eigenvalue weighted by atomic mass is 32.1. The summed E-state index contributed by atoms with van der Waals surface area (Å²) in [5.41, 5.74) is 7.95. The van der Waals surface area contributed by atoms with Crippen molar-refractivity contribution in [3.05, 3.63) is 101 Å². The molecule has 1 nitrogen and oxygen atoms in total. The minimum Gasteiger partial charge on any atom is -0.494 e. The largest absolute Gasteiger partial charge is 0.494 e. The molecule has 0 aliphatic rings. The fourth-order valence-electron chi connectivity index (χ4n) is 3.94. The van der Waals surface area contributed by atoms with Crippen LogP contribution in [0.2, 0.25) is 0 Å². The van der Waals surface area contributed by atoms with E-state index in [0.29, 0.717) is 12.5 Å². The topological polar surface area (TPSA) is 9.23 Å². The number of ether oxygens (including phenoxy) is 1. The van der Waals surface area contributed by atoms with Crippen LogP contribution in [0.5, 0.6) is 5.75 Å². The molecule has 0 unspecified atom stereocenters. The van der Waals surface area contributed by atoms with Crippen LogP contribution in [0.1, 0.15) is 48.9 Å².